The zero-order chi connectivity index (χ0) is 15.2. The van der Waals surface area contributed by atoms with Crippen LogP contribution >= 0.6 is 0 Å². The van der Waals surface area contributed by atoms with E-state index in [2.05, 4.69) is 5.10 Å². The molecule has 1 aromatic heterocycles. The summed E-state index contributed by atoms with van der Waals surface area (Å²) in [6, 6.07) is 9.37. The summed E-state index contributed by atoms with van der Waals surface area (Å²) in [7, 11) is 1.63. The lowest BCUT2D eigenvalue weighted by Crippen LogP contribution is -2.13. The molecule has 0 saturated carbocycles. The van der Waals surface area contributed by atoms with E-state index in [4.69, 9.17) is 9.47 Å². The minimum atomic E-state index is -0.335. The van der Waals surface area contributed by atoms with Gasteiger partial charge >= 0.3 is 5.97 Å². The van der Waals surface area contributed by atoms with Gasteiger partial charge in [0.05, 0.1) is 19.4 Å². The first kappa shape index (κ1) is 15.1. The van der Waals surface area contributed by atoms with E-state index in [1.807, 2.05) is 31.2 Å². The molecule has 0 spiro atoms. The highest BCUT2D eigenvalue weighted by molar-refractivity contribution is 5.89. The van der Waals surface area contributed by atoms with Gasteiger partial charge in [0, 0.05) is 12.1 Å². The Morgan fingerprint density at radius 1 is 1.24 bits per heavy atom. The number of hydrogen-bond acceptors (Lipinski definition) is 4. The molecule has 5 nitrogen and oxygen atoms in total. The maximum absolute atomic E-state index is 12.0. The van der Waals surface area contributed by atoms with Gasteiger partial charge in [-0.15, -0.1) is 0 Å². The topological polar surface area (TPSA) is 53.4 Å². The van der Waals surface area contributed by atoms with Crippen LogP contribution in [0.3, 0.4) is 0 Å². The smallest absolute Gasteiger partial charge is 0.356 e. The first-order valence-corrected chi connectivity index (χ1v) is 7.09. The van der Waals surface area contributed by atoms with Crippen molar-refractivity contribution >= 4 is 5.97 Å². The van der Waals surface area contributed by atoms with Crippen molar-refractivity contribution < 1.29 is 14.3 Å². The number of ether oxygens (including phenoxy) is 2. The highest BCUT2D eigenvalue weighted by Crippen LogP contribution is 2.22. The largest absolute Gasteiger partial charge is 0.497 e. The van der Waals surface area contributed by atoms with Crippen LogP contribution in [0, 0.1) is 0 Å². The van der Waals surface area contributed by atoms with Crippen LogP contribution in [0.1, 0.15) is 30.8 Å². The quantitative estimate of drug-likeness (QED) is 0.766. The SMILES string of the molecule is CCCn1nc(-c2ccc(OC)cc2)cc1C(=O)OCC. The van der Waals surface area contributed by atoms with Gasteiger partial charge in [0.15, 0.2) is 0 Å². The maximum Gasteiger partial charge on any atom is 0.356 e. The summed E-state index contributed by atoms with van der Waals surface area (Å²) in [5.74, 6) is 0.454. The van der Waals surface area contributed by atoms with Gasteiger partial charge in [0.2, 0.25) is 0 Å². The fraction of sp³-hybridized carbons (Fsp3) is 0.375. The molecule has 0 atom stereocenters. The third-order valence-electron chi connectivity index (χ3n) is 3.09. The Labute approximate surface area is 124 Å². The molecule has 0 N–H and O–H groups in total. The number of methoxy groups -OCH3 is 1. The standard InChI is InChI=1S/C16H20N2O3/c1-4-10-18-15(16(19)21-5-2)11-14(17-18)12-6-8-13(20-3)9-7-12/h6-9,11H,4-5,10H2,1-3H3. The number of aryl methyl sites for hydroxylation is 1. The lowest BCUT2D eigenvalue weighted by atomic mass is 10.1. The molecule has 0 aliphatic heterocycles. The summed E-state index contributed by atoms with van der Waals surface area (Å²) >= 11 is 0. The fourth-order valence-corrected chi connectivity index (χ4v) is 2.07. The highest BCUT2D eigenvalue weighted by Gasteiger charge is 2.16. The molecule has 0 radical (unpaired) electrons. The van der Waals surface area contributed by atoms with Crippen molar-refractivity contribution in [2.75, 3.05) is 13.7 Å². The van der Waals surface area contributed by atoms with Crippen LogP contribution < -0.4 is 4.74 Å². The molecule has 0 unspecified atom stereocenters. The average molecular weight is 288 g/mol. The van der Waals surface area contributed by atoms with Gasteiger partial charge in [-0.2, -0.15) is 5.10 Å². The van der Waals surface area contributed by atoms with Gasteiger partial charge < -0.3 is 9.47 Å². The molecule has 2 aromatic rings. The van der Waals surface area contributed by atoms with Crippen LogP contribution in [-0.2, 0) is 11.3 Å². The van der Waals surface area contributed by atoms with Crippen LogP contribution in [-0.4, -0.2) is 29.5 Å². The van der Waals surface area contributed by atoms with E-state index in [0.29, 0.717) is 18.8 Å². The van der Waals surface area contributed by atoms with Crippen LogP contribution in [0.25, 0.3) is 11.3 Å². The highest BCUT2D eigenvalue weighted by atomic mass is 16.5. The van der Waals surface area contributed by atoms with E-state index >= 15 is 0 Å². The van der Waals surface area contributed by atoms with Gasteiger partial charge in [-0.05, 0) is 43.7 Å². The molecule has 5 heteroatoms. The summed E-state index contributed by atoms with van der Waals surface area (Å²) in [5.41, 5.74) is 2.19. The second kappa shape index (κ2) is 6.92. The van der Waals surface area contributed by atoms with Crippen LogP contribution in [0.5, 0.6) is 5.75 Å². The summed E-state index contributed by atoms with van der Waals surface area (Å²) in [6.07, 6.45) is 0.899. The summed E-state index contributed by atoms with van der Waals surface area (Å²) in [6.45, 7) is 4.88. The lowest BCUT2D eigenvalue weighted by Gasteiger charge is -2.04. The summed E-state index contributed by atoms with van der Waals surface area (Å²) < 4.78 is 11.9. The van der Waals surface area contributed by atoms with Crippen LogP contribution in [0.2, 0.25) is 0 Å². The van der Waals surface area contributed by atoms with Crippen molar-refractivity contribution in [1.29, 1.82) is 0 Å². The minimum Gasteiger partial charge on any atom is -0.497 e. The Hall–Kier alpha value is -2.30. The number of nitrogens with zero attached hydrogens (tertiary/aromatic N) is 2. The van der Waals surface area contributed by atoms with E-state index in [1.165, 1.54) is 0 Å². The first-order valence-electron chi connectivity index (χ1n) is 7.09. The van der Waals surface area contributed by atoms with Gasteiger partial charge in [-0.3, -0.25) is 4.68 Å². The third-order valence-corrected chi connectivity index (χ3v) is 3.09. The number of aromatic nitrogens is 2. The van der Waals surface area contributed by atoms with Gasteiger partial charge in [-0.25, -0.2) is 4.79 Å². The number of rotatable bonds is 6. The molecule has 0 fully saturated rings. The van der Waals surface area contributed by atoms with Gasteiger partial charge in [-0.1, -0.05) is 6.92 Å². The van der Waals surface area contributed by atoms with Gasteiger partial charge in [0.1, 0.15) is 11.4 Å². The average Bonchev–Trinajstić information content (AvgIpc) is 2.92. The summed E-state index contributed by atoms with van der Waals surface area (Å²) in [4.78, 5) is 12.0. The Morgan fingerprint density at radius 3 is 2.52 bits per heavy atom. The van der Waals surface area contributed by atoms with E-state index in [1.54, 1.807) is 24.8 Å². The Kier molecular flexibility index (Phi) is 4.98. The van der Waals surface area contributed by atoms with E-state index < -0.39 is 0 Å². The van der Waals surface area contributed by atoms with Crippen molar-refractivity contribution in [1.82, 2.24) is 9.78 Å². The summed E-state index contributed by atoms with van der Waals surface area (Å²) in [5, 5.41) is 4.50. The molecule has 2 rings (SSSR count). The zero-order valence-corrected chi connectivity index (χ0v) is 12.6. The monoisotopic (exact) mass is 288 g/mol. The minimum absolute atomic E-state index is 0.335. The lowest BCUT2D eigenvalue weighted by molar-refractivity contribution is 0.0511. The van der Waals surface area contributed by atoms with Crippen molar-refractivity contribution in [3.8, 4) is 17.0 Å². The van der Waals surface area contributed by atoms with E-state index in [-0.39, 0.29) is 5.97 Å². The predicted molar refractivity (Wildman–Crippen MR) is 80.5 cm³/mol. The second-order valence-electron chi connectivity index (χ2n) is 4.59. The molecule has 112 valence electrons. The molecule has 0 bridgehead atoms. The van der Waals surface area contributed by atoms with Crippen molar-refractivity contribution in [2.24, 2.45) is 0 Å². The molecule has 0 aliphatic rings. The van der Waals surface area contributed by atoms with Crippen LogP contribution in [0.15, 0.2) is 30.3 Å². The fourth-order valence-electron chi connectivity index (χ4n) is 2.07. The van der Waals surface area contributed by atoms with E-state index in [0.717, 1.165) is 23.4 Å². The van der Waals surface area contributed by atoms with Crippen molar-refractivity contribution in [3.63, 3.8) is 0 Å². The normalized spacial score (nSPS) is 10.4. The van der Waals surface area contributed by atoms with Gasteiger partial charge in [0.25, 0.3) is 0 Å². The Bertz CT molecular complexity index is 602. The Balaban J connectivity index is 2.35. The molecular weight excluding hydrogens is 268 g/mol. The number of benzene rings is 1. The number of carbonyl (C=O) groups excluding carboxylic acids is 1. The predicted octanol–water partition coefficient (Wildman–Crippen LogP) is 3.15. The van der Waals surface area contributed by atoms with Crippen molar-refractivity contribution in [3.05, 3.63) is 36.0 Å². The molecule has 0 amide bonds. The van der Waals surface area contributed by atoms with Crippen LogP contribution in [0.4, 0.5) is 0 Å². The molecular formula is C16H20N2O3. The molecule has 21 heavy (non-hydrogen) atoms. The molecule has 1 heterocycles. The first-order chi connectivity index (χ1) is 10.2. The molecule has 0 aliphatic carbocycles. The molecule has 1 aromatic carbocycles. The second-order valence-corrected chi connectivity index (χ2v) is 4.59. The zero-order valence-electron chi connectivity index (χ0n) is 12.6. The number of carbonyl (C=O) groups is 1. The Morgan fingerprint density at radius 2 is 1.95 bits per heavy atom. The van der Waals surface area contributed by atoms with E-state index in [9.17, 15) is 4.79 Å². The molecule has 0 saturated heterocycles. The number of hydrogen-bond donors (Lipinski definition) is 0. The maximum atomic E-state index is 12.0. The number of esters is 1. The third kappa shape index (κ3) is 3.42. The van der Waals surface area contributed by atoms with Crippen molar-refractivity contribution in [2.45, 2.75) is 26.8 Å².